The normalized spacial score (nSPS) is 10.7. The summed E-state index contributed by atoms with van der Waals surface area (Å²) in [6.45, 7) is 6.10. The third-order valence-electron chi connectivity index (χ3n) is 4.00. The van der Waals surface area contributed by atoms with E-state index in [1.807, 2.05) is 42.5 Å². The van der Waals surface area contributed by atoms with E-state index in [0.717, 1.165) is 28.5 Å². The number of carbonyl (C=O) groups excluding carboxylic acids is 1. The SMILES string of the molecule is CCN(CC)c1ccc(NC(=O)N(S)c2noc3ccccc23)cc1. The van der Waals surface area contributed by atoms with Gasteiger partial charge in [0.05, 0.1) is 5.39 Å². The van der Waals surface area contributed by atoms with Crippen molar-refractivity contribution in [2.45, 2.75) is 13.8 Å². The monoisotopic (exact) mass is 356 g/mol. The van der Waals surface area contributed by atoms with Gasteiger partial charge in [-0.15, -0.1) is 0 Å². The highest BCUT2D eigenvalue weighted by atomic mass is 32.1. The zero-order valence-electron chi connectivity index (χ0n) is 14.1. The Hall–Kier alpha value is -2.67. The fraction of sp³-hybridized carbons (Fsp3) is 0.222. The third-order valence-corrected chi connectivity index (χ3v) is 4.37. The molecule has 0 fully saturated rings. The Morgan fingerprint density at radius 1 is 1.12 bits per heavy atom. The van der Waals surface area contributed by atoms with Crippen LogP contribution in [0.5, 0.6) is 0 Å². The van der Waals surface area contributed by atoms with E-state index in [4.69, 9.17) is 4.52 Å². The maximum absolute atomic E-state index is 12.4. The fourth-order valence-corrected chi connectivity index (χ4v) is 2.84. The van der Waals surface area contributed by atoms with Gasteiger partial charge >= 0.3 is 6.03 Å². The fourth-order valence-electron chi connectivity index (χ4n) is 2.64. The molecule has 0 saturated heterocycles. The number of hydrogen-bond donors (Lipinski definition) is 2. The second kappa shape index (κ2) is 7.48. The number of para-hydroxylation sites is 1. The third kappa shape index (κ3) is 3.56. The smallest absolute Gasteiger partial charge is 0.337 e. The first-order valence-corrected chi connectivity index (χ1v) is 8.53. The van der Waals surface area contributed by atoms with Gasteiger partial charge in [0.2, 0.25) is 0 Å². The van der Waals surface area contributed by atoms with Gasteiger partial charge < -0.3 is 14.7 Å². The van der Waals surface area contributed by atoms with E-state index in [9.17, 15) is 4.79 Å². The minimum atomic E-state index is -0.405. The molecule has 1 heterocycles. The molecular formula is C18H20N4O2S. The van der Waals surface area contributed by atoms with E-state index >= 15 is 0 Å². The molecule has 0 aliphatic rings. The van der Waals surface area contributed by atoms with Crippen molar-refractivity contribution in [2.24, 2.45) is 0 Å². The van der Waals surface area contributed by atoms with E-state index < -0.39 is 6.03 Å². The number of nitrogens with one attached hydrogen (secondary N) is 1. The molecule has 25 heavy (non-hydrogen) atoms. The van der Waals surface area contributed by atoms with Gasteiger partial charge in [0.15, 0.2) is 11.4 Å². The van der Waals surface area contributed by atoms with Crippen molar-refractivity contribution < 1.29 is 9.32 Å². The van der Waals surface area contributed by atoms with Gasteiger partial charge in [-0.3, -0.25) is 0 Å². The summed E-state index contributed by atoms with van der Waals surface area (Å²) in [6, 6.07) is 14.6. The van der Waals surface area contributed by atoms with E-state index in [1.54, 1.807) is 6.07 Å². The second-order valence-electron chi connectivity index (χ2n) is 5.46. The van der Waals surface area contributed by atoms with E-state index in [-0.39, 0.29) is 0 Å². The molecule has 1 aromatic heterocycles. The lowest BCUT2D eigenvalue weighted by molar-refractivity contribution is 0.260. The number of hydrogen-bond acceptors (Lipinski definition) is 5. The number of rotatable bonds is 5. The average molecular weight is 356 g/mol. The molecular weight excluding hydrogens is 336 g/mol. The zero-order chi connectivity index (χ0) is 17.8. The van der Waals surface area contributed by atoms with Crippen LogP contribution in [0.1, 0.15) is 13.8 Å². The second-order valence-corrected chi connectivity index (χ2v) is 5.86. The summed E-state index contributed by atoms with van der Waals surface area (Å²) in [5.41, 5.74) is 2.41. The first kappa shape index (κ1) is 17.2. The summed E-state index contributed by atoms with van der Waals surface area (Å²) >= 11 is 4.26. The topological polar surface area (TPSA) is 61.6 Å². The van der Waals surface area contributed by atoms with Gasteiger partial charge in [-0.1, -0.05) is 30.1 Å². The number of thiol groups is 1. The Morgan fingerprint density at radius 2 is 1.80 bits per heavy atom. The molecule has 0 atom stereocenters. The molecule has 130 valence electrons. The lowest BCUT2D eigenvalue weighted by Crippen LogP contribution is -2.27. The molecule has 0 spiro atoms. The van der Waals surface area contributed by atoms with Crippen molar-refractivity contribution in [3.05, 3.63) is 48.5 Å². The molecule has 6 nitrogen and oxygen atoms in total. The van der Waals surface area contributed by atoms with Gasteiger partial charge in [-0.05, 0) is 50.2 Å². The summed E-state index contributed by atoms with van der Waals surface area (Å²) in [5.74, 6) is 0.358. The van der Waals surface area contributed by atoms with Crippen LogP contribution in [0.25, 0.3) is 11.0 Å². The molecule has 3 aromatic rings. The van der Waals surface area contributed by atoms with Crippen LogP contribution < -0.4 is 14.5 Å². The van der Waals surface area contributed by atoms with Crippen molar-refractivity contribution in [3.63, 3.8) is 0 Å². The van der Waals surface area contributed by atoms with Gasteiger partial charge in [-0.2, -0.15) is 0 Å². The predicted molar refractivity (Wildman–Crippen MR) is 104 cm³/mol. The van der Waals surface area contributed by atoms with Crippen molar-refractivity contribution in [1.29, 1.82) is 0 Å². The summed E-state index contributed by atoms with van der Waals surface area (Å²) in [6.07, 6.45) is 0. The van der Waals surface area contributed by atoms with Crippen molar-refractivity contribution in [2.75, 3.05) is 27.6 Å². The standard InChI is InChI=1S/C18H20N4O2S/c1-3-21(4-2)14-11-9-13(10-12-14)19-18(23)22(25)17-15-7-5-6-8-16(15)24-20-17/h5-12,25H,3-4H2,1-2H3,(H,19,23). The number of nitrogens with zero attached hydrogens (tertiary/aromatic N) is 3. The summed E-state index contributed by atoms with van der Waals surface area (Å²) in [5, 5.41) is 7.46. The molecule has 0 radical (unpaired) electrons. The Labute approximate surface area is 151 Å². The molecule has 2 aromatic carbocycles. The Kier molecular flexibility index (Phi) is 5.14. The number of amides is 2. The van der Waals surface area contributed by atoms with Gasteiger partial charge in [-0.25, -0.2) is 9.10 Å². The number of fused-ring (bicyclic) bond motifs is 1. The summed E-state index contributed by atoms with van der Waals surface area (Å²) in [7, 11) is 0. The summed E-state index contributed by atoms with van der Waals surface area (Å²) in [4.78, 5) is 14.7. The Balaban J connectivity index is 1.73. The Morgan fingerprint density at radius 3 is 2.48 bits per heavy atom. The molecule has 0 bridgehead atoms. The minimum Gasteiger partial charge on any atom is -0.372 e. The first-order chi connectivity index (χ1) is 12.1. The number of anilines is 3. The quantitative estimate of drug-likeness (QED) is 0.658. The van der Waals surface area contributed by atoms with Gasteiger partial charge in [0, 0.05) is 24.5 Å². The van der Waals surface area contributed by atoms with Crippen LogP contribution in [0, 0.1) is 0 Å². The molecule has 1 N–H and O–H groups in total. The van der Waals surface area contributed by atoms with Crippen LogP contribution in [0.15, 0.2) is 53.1 Å². The summed E-state index contributed by atoms with van der Waals surface area (Å²) < 4.78 is 6.35. The van der Waals surface area contributed by atoms with Crippen LogP contribution in [-0.2, 0) is 0 Å². The number of urea groups is 1. The van der Waals surface area contributed by atoms with Gasteiger partial charge in [0.25, 0.3) is 0 Å². The highest BCUT2D eigenvalue weighted by Gasteiger charge is 2.19. The van der Waals surface area contributed by atoms with E-state index in [2.05, 4.69) is 42.0 Å². The number of carbonyl (C=O) groups is 1. The maximum atomic E-state index is 12.4. The molecule has 2 amide bonds. The number of benzene rings is 2. The van der Waals surface area contributed by atoms with E-state index in [0.29, 0.717) is 17.1 Å². The van der Waals surface area contributed by atoms with Crippen LogP contribution in [0.4, 0.5) is 22.0 Å². The van der Waals surface area contributed by atoms with Crippen molar-refractivity contribution >= 4 is 47.0 Å². The van der Waals surface area contributed by atoms with Gasteiger partial charge in [0.1, 0.15) is 0 Å². The average Bonchev–Trinajstić information content (AvgIpc) is 3.07. The highest BCUT2D eigenvalue weighted by molar-refractivity contribution is 7.82. The zero-order valence-corrected chi connectivity index (χ0v) is 15.0. The van der Waals surface area contributed by atoms with Crippen LogP contribution >= 0.6 is 12.8 Å². The van der Waals surface area contributed by atoms with Crippen LogP contribution in [0.2, 0.25) is 0 Å². The molecule has 0 unspecified atom stereocenters. The van der Waals surface area contributed by atoms with Crippen LogP contribution in [-0.4, -0.2) is 24.3 Å². The number of aromatic nitrogens is 1. The lowest BCUT2D eigenvalue weighted by atomic mass is 10.2. The Bertz CT molecular complexity index is 859. The molecule has 0 aliphatic heterocycles. The van der Waals surface area contributed by atoms with Crippen molar-refractivity contribution in [1.82, 2.24) is 5.16 Å². The molecule has 0 saturated carbocycles. The van der Waals surface area contributed by atoms with Crippen LogP contribution in [0.3, 0.4) is 0 Å². The molecule has 3 rings (SSSR count). The molecule has 0 aliphatic carbocycles. The maximum Gasteiger partial charge on any atom is 0.337 e. The lowest BCUT2D eigenvalue weighted by Gasteiger charge is -2.21. The minimum absolute atomic E-state index is 0.358. The first-order valence-electron chi connectivity index (χ1n) is 8.13. The van der Waals surface area contributed by atoms with E-state index in [1.165, 1.54) is 0 Å². The predicted octanol–water partition coefficient (Wildman–Crippen LogP) is 4.56. The largest absolute Gasteiger partial charge is 0.372 e. The molecule has 7 heteroatoms. The highest BCUT2D eigenvalue weighted by Crippen LogP contribution is 2.27. The van der Waals surface area contributed by atoms with Crippen molar-refractivity contribution in [3.8, 4) is 0 Å².